The average molecular weight is 537 g/mol. The minimum absolute atomic E-state index is 0. The van der Waals surface area contributed by atoms with Crippen molar-refractivity contribution in [3.63, 3.8) is 0 Å². The van der Waals surface area contributed by atoms with Crippen LogP contribution in [0.1, 0.15) is 43.2 Å². The van der Waals surface area contributed by atoms with Crippen LogP contribution >= 0.6 is 9.69 Å². The third-order valence-electron chi connectivity index (χ3n) is 5.21. The van der Waals surface area contributed by atoms with Gasteiger partial charge in [-0.1, -0.05) is 67.3 Å². The number of nitrogens with one attached hydrogen (secondary N) is 1. The van der Waals surface area contributed by atoms with Gasteiger partial charge in [-0.3, -0.25) is 0 Å². The second kappa shape index (κ2) is 14.3. The summed E-state index contributed by atoms with van der Waals surface area (Å²) in [5.41, 5.74) is 2.38. The van der Waals surface area contributed by atoms with Gasteiger partial charge in [-0.2, -0.15) is 0 Å². The van der Waals surface area contributed by atoms with E-state index in [4.69, 9.17) is 0 Å². The molecule has 166 valence electrons. The van der Waals surface area contributed by atoms with Crippen molar-refractivity contribution in [3.8, 4) is 0 Å². The molecule has 1 aliphatic carbocycles. The topological polar surface area (TPSA) is 60.3 Å². The summed E-state index contributed by atoms with van der Waals surface area (Å²) in [6, 6.07) is 17.4. The summed E-state index contributed by atoms with van der Waals surface area (Å²) >= 11 is 1.82. The molecule has 0 aliphatic heterocycles. The van der Waals surface area contributed by atoms with Crippen molar-refractivity contribution in [2.75, 3.05) is 6.54 Å². The summed E-state index contributed by atoms with van der Waals surface area (Å²) in [4.78, 5) is 0.293. The van der Waals surface area contributed by atoms with Crippen molar-refractivity contribution < 1.29 is 25.7 Å². The van der Waals surface area contributed by atoms with E-state index in [0.717, 1.165) is 50.6 Å². The van der Waals surface area contributed by atoms with Gasteiger partial charge in [0.05, 0.1) is 0 Å². The molecule has 1 aliphatic rings. The number of nitrogens with zero attached hydrogens (tertiary/aromatic N) is 1. The normalized spacial score (nSPS) is 18.6. The van der Waals surface area contributed by atoms with Crippen LogP contribution in [-0.2, 0) is 33.8 Å². The monoisotopic (exact) mass is 537 g/mol. The van der Waals surface area contributed by atoms with E-state index in [-0.39, 0.29) is 19.5 Å². The van der Waals surface area contributed by atoms with Gasteiger partial charge in [0.15, 0.2) is 0 Å². The molecule has 1 N–H and O–H groups in total. The number of hydrogen-bond donors (Lipinski definition) is 1. The molecule has 0 heterocycles. The van der Waals surface area contributed by atoms with Crippen LogP contribution in [0.2, 0.25) is 0 Å². The van der Waals surface area contributed by atoms with Crippen molar-refractivity contribution >= 4 is 19.7 Å². The van der Waals surface area contributed by atoms with Gasteiger partial charge < -0.3 is 17.5 Å². The molecular weight excluding hydrogens is 505 g/mol. The summed E-state index contributed by atoms with van der Waals surface area (Å²) in [5, 5.41) is 3.57. The van der Waals surface area contributed by atoms with Gasteiger partial charge >= 0.3 is 27.0 Å². The van der Waals surface area contributed by atoms with E-state index < -0.39 is 10.0 Å². The van der Waals surface area contributed by atoms with Crippen molar-refractivity contribution in [2.24, 2.45) is 0 Å². The zero-order valence-electron chi connectivity index (χ0n) is 17.7. The quantitative estimate of drug-likeness (QED) is 0.266. The zero-order chi connectivity index (χ0) is 21.1. The molecule has 3 rings (SSSR count). The molecule has 0 amide bonds. The fourth-order valence-electron chi connectivity index (χ4n) is 3.65. The number of sulfonamides is 1. The molecule has 2 aromatic rings. The fraction of sp³-hybridized carbons (Fsp3) is 0.435. The third-order valence-corrected chi connectivity index (χ3v) is 6.63. The summed E-state index contributed by atoms with van der Waals surface area (Å²) in [6.45, 7) is 2.83. The molecule has 1 fully saturated rings. The van der Waals surface area contributed by atoms with E-state index >= 15 is 0 Å². The van der Waals surface area contributed by atoms with Gasteiger partial charge in [-0.25, -0.2) is 8.42 Å². The first kappa shape index (κ1) is 27.3. The summed E-state index contributed by atoms with van der Waals surface area (Å²) in [5.74, 6) is 0. The Labute approximate surface area is 197 Å². The Bertz CT molecular complexity index is 817. The van der Waals surface area contributed by atoms with Crippen LogP contribution < -0.4 is 5.32 Å². The molecule has 0 bridgehead atoms. The molecule has 1 saturated carbocycles. The van der Waals surface area contributed by atoms with E-state index in [1.807, 2.05) is 42.4 Å². The van der Waals surface area contributed by atoms with Crippen LogP contribution in [0.3, 0.4) is 0 Å². The predicted molar refractivity (Wildman–Crippen MR) is 123 cm³/mol. The van der Waals surface area contributed by atoms with Gasteiger partial charge in [-0.15, -0.1) is 6.04 Å². The van der Waals surface area contributed by atoms with Crippen molar-refractivity contribution in [3.05, 3.63) is 77.9 Å². The summed E-state index contributed by atoms with van der Waals surface area (Å²) < 4.78 is 29.7. The average Bonchev–Trinajstić information content (AvgIpc) is 2.74. The second-order valence-electron chi connectivity index (χ2n) is 7.40. The SMILES string of the molecule is Cc1ccc(S(=O)(=O)[N-]C2CCCCC2NCCCc2ccccc2)cc1.[CH3-].[Cl][Ru+3]. The van der Waals surface area contributed by atoms with E-state index in [1.165, 1.54) is 5.56 Å². The van der Waals surface area contributed by atoms with Crippen molar-refractivity contribution in [2.45, 2.75) is 62.4 Å². The Morgan fingerprint density at radius 2 is 1.67 bits per heavy atom. The standard InChI is InChI=1S/C22H29N2O2S.CH3.ClH.Ru/c1-18-13-15-20(16-14-18)27(25,26)24-22-12-6-5-11-21(22)23-17-7-10-19-8-3-2-4-9-19;;;/h2-4,8-9,13-16,21-23H,5-7,10-12,17H2,1H3;1H3;1H;/q2*-1;;+4/p-1. The Balaban J connectivity index is 0.00000146. The van der Waals surface area contributed by atoms with E-state index in [1.54, 1.807) is 12.1 Å². The third kappa shape index (κ3) is 8.76. The van der Waals surface area contributed by atoms with Crippen molar-refractivity contribution in [1.82, 2.24) is 5.32 Å². The Morgan fingerprint density at radius 1 is 1.03 bits per heavy atom. The molecule has 4 nitrogen and oxygen atoms in total. The predicted octanol–water partition coefficient (Wildman–Crippen LogP) is 5.73. The Morgan fingerprint density at radius 3 is 2.33 bits per heavy atom. The van der Waals surface area contributed by atoms with E-state index in [0.29, 0.717) is 4.90 Å². The van der Waals surface area contributed by atoms with Crippen LogP contribution in [0, 0.1) is 14.4 Å². The molecule has 2 aromatic carbocycles. The van der Waals surface area contributed by atoms with E-state index in [9.17, 15) is 8.42 Å². The van der Waals surface area contributed by atoms with Crippen LogP contribution in [0.25, 0.3) is 4.72 Å². The minimum atomic E-state index is -3.60. The molecule has 7 heteroatoms. The number of rotatable bonds is 8. The van der Waals surface area contributed by atoms with Gasteiger partial charge in [0.25, 0.3) is 0 Å². The van der Waals surface area contributed by atoms with Crippen LogP contribution in [0.4, 0.5) is 0 Å². The Kier molecular flexibility index (Phi) is 13.0. The first-order chi connectivity index (χ1) is 14.0. The van der Waals surface area contributed by atoms with Crippen LogP contribution in [-0.4, -0.2) is 27.0 Å². The number of hydrogen-bond acceptors (Lipinski definition) is 3. The Hall–Kier alpha value is -0.777. The van der Waals surface area contributed by atoms with Crippen LogP contribution in [0.15, 0.2) is 59.5 Å². The number of halogens is 1. The molecule has 2 unspecified atom stereocenters. The number of aryl methyl sites for hydroxylation is 2. The molecule has 0 radical (unpaired) electrons. The summed E-state index contributed by atoms with van der Waals surface area (Å²) in [6.07, 6.45) is 6.07. The van der Waals surface area contributed by atoms with E-state index in [2.05, 4.69) is 44.0 Å². The van der Waals surface area contributed by atoms with Gasteiger partial charge in [0.2, 0.25) is 0 Å². The molecule has 0 spiro atoms. The molecule has 0 saturated heterocycles. The summed E-state index contributed by atoms with van der Waals surface area (Å²) in [7, 11) is 0.971. The molecule has 0 aromatic heterocycles. The zero-order valence-corrected chi connectivity index (χ0v) is 21.0. The molecule has 30 heavy (non-hydrogen) atoms. The molecular formula is C23H32ClN2O2RuS+. The van der Waals surface area contributed by atoms with Crippen LogP contribution in [0.5, 0.6) is 0 Å². The maximum atomic E-state index is 12.7. The number of benzene rings is 2. The second-order valence-corrected chi connectivity index (χ2v) is 9.03. The van der Waals surface area contributed by atoms with Gasteiger partial charge in [-0.05, 0) is 56.5 Å². The molecule has 2 atom stereocenters. The van der Waals surface area contributed by atoms with Gasteiger partial charge in [0.1, 0.15) is 10.0 Å². The van der Waals surface area contributed by atoms with Gasteiger partial charge in [0, 0.05) is 4.90 Å². The first-order valence-electron chi connectivity index (χ1n) is 9.99. The maximum absolute atomic E-state index is 12.7. The fourth-order valence-corrected chi connectivity index (χ4v) is 4.86. The van der Waals surface area contributed by atoms with Crippen molar-refractivity contribution in [1.29, 1.82) is 0 Å². The first-order valence-corrected chi connectivity index (χ1v) is 13.7.